The molecule has 0 radical (unpaired) electrons. The molecule has 0 aliphatic heterocycles. The zero-order chi connectivity index (χ0) is 15.1. The Morgan fingerprint density at radius 1 is 1.35 bits per heavy atom. The molecule has 0 spiro atoms. The Morgan fingerprint density at radius 3 is 2.45 bits per heavy atom. The molecule has 0 aromatic rings. The summed E-state index contributed by atoms with van der Waals surface area (Å²) >= 11 is 0. The molecule has 1 rings (SSSR count). The molecule has 1 unspecified atom stereocenters. The first kappa shape index (κ1) is 16.3. The van der Waals surface area contributed by atoms with Gasteiger partial charge in [0.05, 0.1) is 0 Å². The summed E-state index contributed by atoms with van der Waals surface area (Å²) < 4.78 is 0. The highest BCUT2D eigenvalue weighted by atomic mass is 16.4. The van der Waals surface area contributed by atoms with Crippen molar-refractivity contribution in [2.24, 2.45) is 11.7 Å². The van der Waals surface area contributed by atoms with Crippen molar-refractivity contribution in [3.63, 3.8) is 0 Å². The molecule has 1 aliphatic carbocycles. The molecule has 1 fully saturated rings. The predicted octanol–water partition coefficient (Wildman–Crippen LogP) is 0.537. The quantitative estimate of drug-likeness (QED) is 0.633. The maximum absolute atomic E-state index is 11.9. The van der Waals surface area contributed by atoms with Gasteiger partial charge in [0.1, 0.15) is 6.04 Å². The lowest BCUT2D eigenvalue weighted by Gasteiger charge is -2.23. The fraction of sp³-hybridized carbons (Fsp3) is 0.769. The minimum absolute atomic E-state index is 0.00761. The summed E-state index contributed by atoms with van der Waals surface area (Å²) in [6.07, 6.45) is 4.55. The Labute approximate surface area is 118 Å². The molecule has 0 aromatic heterocycles. The van der Waals surface area contributed by atoms with Crippen LogP contribution >= 0.6 is 0 Å². The molecule has 0 heterocycles. The van der Waals surface area contributed by atoms with Crippen LogP contribution < -0.4 is 11.1 Å². The summed E-state index contributed by atoms with van der Waals surface area (Å²) in [4.78, 5) is 35.1. The van der Waals surface area contributed by atoms with Crippen molar-refractivity contribution in [2.45, 2.75) is 44.6 Å². The fourth-order valence-corrected chi connectivity index (χ4v) is 2.47. The fourth-order valence-electron chi connectivity index (χ4n) is 2.47. The molecule has 20 heavy (non-hydrogen) atoms. The van der Waals surface area contributed by atoms with Crippen LogP contribution in [-0.2, 0) is 9.59 Å². The van der Waals surface area contributed by atoms with Gasteiger partial charge < -0.3 is 21.1 Å². The average Bonchev–Trinajstić information content (AvgIpc) is 2.86. The lowest BCUT2D eigenvalue weighted by molar-refractivity contribution is -0.139. The van der Waals surface area contributed by atoms with E-state index in [0.29, 0.717) is 12.5 Å². The van der Waals surface area contributed by atoms with Crippen molar-refractivity contribution in [2.75, 3.05) is 13.6 Å². The van der Waals surface area contributed by atoms with E-state index in [-0.39, 0.29) is 12.8 Å². The number of carbonyl (C=O) groups excluding carboxylic acids is 2. The van der Waals surface area contributed by atoms with Crippen molar-refractivity contribution in [1.29, 1.82) is 0 Å². The Bertz CT molecular complexity index is 367. The van der Waals surface area contributed by atoms with Crippen molar-refractivity contribution in [3.05, 3.63) is 0 Å². The van der Waals surface area contributed by atoms with Gasteiger partial charge in [-0.25, -0.2) is 9.59 Å². The van der Waals surface area contributed by atoms with E-state index in [1.54, 1.807) is 7.05 Å². The van der Waals surface area contributed by atoms with Gasteiger partial charge in [0.25, 0.3) is 0 Å². The third-order valence-electron chi connectivity index (χ3n) is 3.63. The van der Waals surface area contributed by atoms with E-state index in [1.165, 1.54) is 17.7 Å². The number of nitrogens with one attached hydrogen (secondary N) is 1. The van der Waals surface area contributed by atoms with Crippen molar-refractivity contribution in [1.82, 2.24) is 10.2 Å². The molecule has 0 aromatic carbocycles. The highest BCUT2D eigenvalue weighted by molar-refractivity contribution is 5.83. The second kappa shape index (κ2) is 7.72. The maximum atomic E-state index is 11.9. The molecule has 1 atom stereocenters. The van der Waals surface area contributed by atoms with E-state index in [0.717, 1.165) is 12.8 Å². The predicted molar refractivity (Wildman–Crippen MR) is 73.0 cm³/mol. The first-order valence-corrected chi connectivity index (χ1v) is 6.93. The zero-order valence-corrected chi connectivity index (χ0v) is 11.8. The van der Waals surface area contributed by atoms with Crippen molar-refractivity contribution in [3.8, 4) is 0 Å². The molecule has 4 N–H and O–H groups in total. The van der Waals surface area contributed by atoms with Gasteiger partial charge in [0.2, 0.25) is 5.91 Å². The number of aliphatic carboxylic acids is 1. The third kappa shape index (κ3) is 5.46. The van der Waals surface area contributed by atoms with Crippen LogP contribution in [-0.4, -0.2) is 47.5 Å². The molecule has 1 aliphatic rings. The number of carboxylic acid groups (broad SMARTS) is 1. The largest absolute Gasteiger partial charge is 0.480 e. The molecule has 0 saturated heterocycles. The van der Waals surface area contributed by atoms with E-state index in [1.807, 2.05) is 0 Å². The second-order valence-corrected chi connectivity index (χ2v) is 5.38. The molecule has 1 saturated carbocycles. The molecule has 7 heteroatoms. The van der Waals surface area contributed by atoms with Crippen molar-refractivity contribution >= 4 is 17.9 Å². The summed E-state index contributed by atoms with van der Waals surface area (Å²) in [5.41, 5.74) is 4.99. The van der Waals surface area contributed by atoms with Gasteiger partial charge in [-0.3, -0.25) is 4.79 Å². The highest BCUT2D eigenvalue weighted by Crippen LogP contribution is 2.25. The summed E-state index contributed by atoms with van der Waals surface area (Å²) in [5, 5.41) is 11.4. The number of nitrogens with two attached hydrogens (primary N) is 1. The van der Waals surface area contributed by atoms with Crippen LogP contribution in [0.4, 0.5) is 4.79 Å². The molecular weight excluding hydrogens is 262 g/mol. The van der Waals surface area contributed by atoms with Crippen LogP contribution in [0.25, 0.3) is 0 Å². The zero-order valence-electron chi connectivity index (χ0n) is 11.8. The van der Waals surface area contributed by atoms with Crippen molar-refractivity contribution < 1.29 is 19.5 Å². The summed E-state index contributed by atoms with van der Waals surface area (Å²) in [7, 11) is 1.65. The number of hydrogen-bond acceptors (Lipinski definition) is 3. The molecular formula is C13H23N3O4. The lowest BCUT2D eigenvalue weighted by atomic mass is 10.1. The number of rotatable bonds is 7. The highest BCUT2D eigenvalue weighted by Gasteiger charge is 2.24. The number of primary amides is 1. The van der Waals surface area contributed by atoms with E-state index >= 15 is 0 Å². The Morgan fingerprint density at radius 2 is 1.95 bits per heavy atom. The Hall–Kier alpha value is -1.79. The monoisotopic (exact) mass is 285 g/mol. The van der Waals surface area contributed by atoms with E-state index in [4.69, 9.17) is 10.8 Å². The minimum atomic E-state index is -1.16. The van der Waals surface area contributed by atoms with Crippen LogP contribution in [0, 0.1) is 5.92 Å². The molecule has 0 bridgehead atoms. The number of carbonyl (C=O) groups is 3. The standard InChI is InChI=1S/C13H23N3O4/c1-16(8-9-4-2-3-5-9)13(20)15-10(12(18)19)6-7-11(14)17/h9-10H,2-8H2,1H3,(H2,14,17)(H,15,20)(H,18,19). The number of hydrogen-bond donors (Lipinski definition) is 3. The SMILES string of the molecule is CN(CC1CCCC1)C(=O)NC(CCC(N)=O)C(=O)O. The molecule has 114 valence electrons. The molecule has 3 amide bonds. The number of nitrogens with zero attached hydrogens (tertiary/aromatic N) is 1. The third-order valence-corrected chi connectivity index (χ3v) is 3.63. The van der Waals surface area contributed by atoms with Gasteiger partial charge in [-0.15, -0.1) is 0 Å². The van der Waals surface area contributed by atoms with Gasteiger partial charge in [0, 0.05) is 20.0 Å². The number of carboxylic acids is 1. The Kier molecular flexibility index (Phi) is 6.27. The first-order chi connectivity index (χ1) is 9.40. The van der Waals surface area contributed by atoms with Crippen LogP contribution in [0.1, 0.15) is 38.5 Å². The smallest absolute Gasteiger partial charge is 0.326 e. The normalized spacial score (nSPS) is 16.6. The maximum Gasteiger partial charge on any atom is 0.326 e. The topological polar surface area (TPSA) is 113 Å². The van der Waals surface area contributed by atoms with Crippen LogP contribution in [0.3, 0.4) is 0 Å². The van der Waals surface area contributed by atoms with Crippen LogP contribution in [0.5, 0.6) is 0 Å². The van der Waals surface area contributed by atoms with Crippen LogP contribution in [0.15, 0.2) is 0 Å². The number of amides is 3. The van der Waals surface area contributed by atoms with Gasteiger partial charge in [-0.1, -0.05) is 12.8 Å². The summed E-state index contributed by atoms with van der Waals surface area (Å²) in [5.74, 6) is -1.24. The van der Waals surface area contributed by atoms with Gasteiger partial charge in [-0.05, 0) is 25.2 Å². The minimum Gasteiger partial charge on any atom is -0.480 e. The van der Waals surface area contributed by atoms with Gasteiger partial charge in [-0.2, -0.15) is 0 Å². The van der Waals surface area contributed by atoms with Gasteiger partial charge >= 0.3 is 12.0 Å². The number of urea groups is 1. The summed E-state index contributed by atoms with van der Waals surface area (Å²) in [6, 6.07) is -1.50. The first-order valence-electron chi connectivity index (χ1n) is 6.93. The second-order valence-electron chi connectivity index (χ2n) is 5.38. The van der Waals surface area contributed by atoms with E-state index in [2.05, 4.69) is 5.32 Å². The molecule has 7 nitrogen and oxygen atoms in total. The van der Waals surface area contributed by atoms with Crippen LogP contribution in [0.2, 0.25) is 0 Å². The average molecular weight is 285 g/mol. The van der Waals surface area contributed by atoms with Gasteiger partial charge in [0.15, 0.2) is 0 Å². The van der Waals surface area contributed by atoms with E-state index < -0.39 is 23.9 Å². The lowest BCUT2D eigenvalue weighted by Crippen LogP contribution is -2.47. The summed E-state index contributed by atoms with van der Waals surface area (Å²) in [6.45, 7) is 0.633. The van der Waals surface area contributed by atoms with E-state index in [9.17, 15) is 14.4 Å². The Balaban J connectivity index is 2.42.